The molecule has 0 radical (unpaired) electrons. The van der Waals surface area contributed by atoms with Crippen molar-refractivity contribution < 1.29 is 22.7 Å². The van der Waals surface area contributed by atoms with Crippen molar-refractivity contribution in [2.75, 3.05) is 24.8 Å². The van der Waals surface area contributed by atoms with E-state index in [-0.39, 0.29) is 21.7 Å². The van der Waals surface area contributed by atoms with E-state index in [1.807, 2.05) is 50.1 Å². The van der Waals surface area contributed by atoms with E-state index in [1.54, 1.807) is 13.0 Å². The van der Waals surface area contributed by atoms with E-state index >= 15 is 0 Å². The second-order valence-corrected chi connectivity index (χ2v) is 10.0. The number of esters is 1. The van der Waals surface area contributed by atoms with Crippen molar-refractivity contribution in [3.8, 4) is 0 Å². The van der Waals surface area contributed by atoms with Gasteiger partial charge in [-0.2, -0.15) is 0 Å². The van der Waals surface area contributed by atoms with E-state index in [2.05, 4.69) is 0 Å². The van der Waals surface area contributed by atoms with Crippen molar-refractivity contribution in [3.63, 3.8) is 0 Å². The van der Waals surface area contributed by atoms with Gasteiger partial charge in [0.2, 0.25) is 0 Å². The average molecular weight is 428 g/mol. The van der Waals surface area contributed by atoms with Crippen LogP contribution in [0.2, 0.25) is 0 Å². The summed E-state index contributed by atoms with van der Waals surface area (Å²) >= 11 is 0. The van der Waals surface area contributed by atoms with Gasteiger partial charge in [0.15, 0.2) is 22.2 Å². The molecule has 158 valence electrons. The summed E-state index contributed by atoms with van der Waals surface area (Å²) in [4.78, 5) is 27.0. The molecule has 1 heterocycles. The zero-order valence-electron chi connectivity index (χ0n) is 17.7. The maximum absolute atomic E-state index is 12.6. The summed E-state index contributed by atoms with van der Waals surface area (Å²) in [5.74, 6) is -1.07. The molecular formula is C23H25NO5S. The minimum Gasteiger partial charge on any atom is -0.454 e. The molecular weight excluding hydrogens is 402 g/mol. The van der Waals surface area contributed by atoms with Crippen LogP contribution in [0.1, 0.15) is 35.3 Å². The predicted octanol–water partition coefficient (Wildman–Crippen LogP) is 3.44. The molecule has 0 saturated carbocycles. The summed E-state index contributed by atoms with van der Waals surface area (Å²) in [6.45, 7) is 5.34. The molecule has 2 aromatic rings. The van der Waals surface area contributed by atoms with E-state index in [9.17, 15) is 18.0 Å². The van der Waals surface area contributed by atoms with Gasteiger partial charge in [-0.1, -0.05) is 38.1 Å². The molecule has 0 atom stereocenters. The van der Waals surface area contributed by atoms with Crippen LogP contribution in [0.15, 0.2) is 59.1 Å². The Morgan fingerprint density at radius 2 is 1.80 bits per heavy atom. The fourth-order valence-electron chi connectivity index (χ4n) is 3.72. The van der Waals surface area contributed by atoms with Crippen molar-refractivity contribution in [2.45, 2.75) is 31.1 Å². The van der Waals surface area contributed by atoms with Crippen molar-refractivity contribution in [2.24, 2.45) is 0 Å². The van der Waals surface area contributed by atoms with Crippen LogP contribution in [0.4, 0.5) is 5.69 Å². The van der Waals surface area contributed by atoms with Crippen LogP contribution >= 0.6 is 0 Å². The third kappa shape index (κ3) is 4.03. The second-order valence-electron chi connectivity index (χ2n) is 8.02. The summed E-state index contributed by atoms with van der Waals surface area (Å²) in [6, 6.07) is 12.2. The van der Waals surface area contributed by atoms with E-state index in [0.717, 1.165) is 23.2 Å². The van der Waals surface area contributed by atoms with Gasteiger partial charge in [-0.25, -0.2) is 13.2 Å². The Bertz CT molecular complexity index is 1160. The van der Waals surface area contributed by atoms with Gasteiger partial charge in [0.25, 0.3) is 0 Å². The van der Waals surface area contributed by atoms with Crippen molar-refractivity contribution >= 4 is 27.3 Å². The zero-order chi connectivity index (χ0) is 22.3. The molecule has 7 heteroatoms. The summed E-state index contributed by atoms with van der Waals surface area (Å²) in [6.07, 6.45) is 2.58. The Kier molecular flexibility index (Phi) is 5.60. The van der Waals surface area contributed by atoms with Crippen LogP contribution in [0.3, 0.4) is 0 Å². The number of nitrogens with zero attached hydrogens (tertiary/aromatic N) is 1. The minimum absolute atomic E-state index is 0.0283. The van der Waals surface area contributed by atoms with Gasteiger partial charge in [-0.05, 0) is 36.2 Å². The Morgan fingerprint density at radius 1 is 1.13 bits per heavy atom. The van der Waals surface area contributed by atoms with Crippen LogP contribution in [0.5, 0.6) is 0 Å². The second kappa shape index (κ2) is 7.72. The lowest BCUT2D eigenvalue weighted by molar-refractivity contribution is -0.117. The number of hydrogen-bond acceptors (Lipinski definition) is 6. The molecule has 0 aromatic heterocycles. The molecule has 0 N–H and O–H groups in total. The van der Waals surface area contributed by atoms with E-state index in [4.69, 9.17) is 4.74 Å². The molecule has 3 rings (SSSR count). The fraction of sp³-hybridized carbons (Fsp3) is 0.304. The topological polar surface area (TPSA) is 80.7 Å². The smallest absolute Gasteiger partial charge is 0.338 e. The van der Waals surface area contributed by atoms with Crippen molar-refractivity contribution in [1.82, 2.24) is 0 Å². The summed E-state index contributed by atoms with van der Waals surface area (Å²) in [5.41, 5.74) is 3.32. The van der Waals surface area contributed by atoms with E-state index in [1.165, 1.54) is 18.2 Å². The number of carbonyl (C=O) groups excluding carboxylic acids is 2. The van der Waals surface area contributed by atoms with Crippen molar-refractivity contribution in [3.05, 3.63) is 70.9 Å². The highest BCUT2D eigenvalue weighted by Gasteiger charge is 2.38. The number of fused-ring (bicyclic) bond motifs is 1. The lowest BCUT2D eigenvalue weighted by Crippen LogP contribution is -2.25. The summed E-state index contributed by atoms with van der Waals surface area (Å²) in [7, 11) is -1.56. The van der Waals surface area contributed by atoms with Gasteiger partial charge in [-0.15, -0.1) is 0 Å². The average Bonchev–Trinajstić information content (AvgIpc) is 2.86. The Labute approximate surface area is 177 Å². The molecule has 0 saturated heterocycles. The number of carbonyl (C=O) groups is 2. The normalized spacial score (nSPS) is 16.4. The number of sulfone groups is 1. The van der Waals surface area contributed by atoms with Gasteiger partial charge in [-0.3, -0.25) is 4.79 Å². The Morgan fingerprint density at radius 3 is 2.43 bits per heavy atom. The number of anilines is 1. The fourth-order valence-corrected chi connectivity index (χ4v) is 4.37. The van der Waals surface area contributed by atoms with Crippen LogP contribution in [-0.4, -0.2) is 40.1 Å². The summed E-state index contributed by atoms with van der Waals surface area (Å²) < 4.78 is 28.7. The predicted molar refractivity (Wildman–Crippen MR) is 116 cm³/mol. The molecule has 0 aliphatic carbocycles. The van der Waals surface area contributed by atoms with Gasteiger partial charge in [0.05, 0.1) is 10.5 Å². The largest absolute Gasteiger partial charge is 0.454 e. The van der Waals surface area contributed by atoms with Crippen LogP contribution < -0.4 is 4.90 Å². The first kappa shape index (κ1) is 21.8. The third-order valence-electron chi connectivity index (χ3n) is 5.44. The maximum Gasteiger partial charge on any atom is 0.338 e. The molecule has 6 nitrogen and oxygen atoms in total. The van der Waals surface area contributed by atoms with Crippen LogP contribution in [-0.2, 0) is 24.8 Å². The first-order valence-corrected chi connectivity index (χ1v) is 11.4. The zero-order valence-corrected chi connectivity index (χ0v) is 18.5. The van der Waals surface area contributed by atoms with Crippen LogP contribution in [0.25, 0.3) is 0 Å². The number of rotatable bonds is 5. The van der Waals surface area contributed by atoms with Gasteiger partial charge >= 0.3 is 5.97 Å². The van der Waals surface area contributed by atoms with E-state index < -0.39 is 22.4 Å². The Hall–Kier alpha value is -2.93. The highest BCUT2D eigenvalue weighted by Crippen LogP contribution is 2.46. The number of aryl methyl sites for hydroxylation is 1. The Balaban J connectivity index is 1.76. The first-order chi connectivity index (χ1) is 13.9. The van der Waals surface area contributed by atoms with Gasteiger partial charge in [0.1, 0.15) is 0 Å². The number of allylic oxidation sites excluding steroid dienone is 1. The quantitative estimate of drug-likeness (QED) is 0.537. The standard InChI is InChI=1S/C23H25NO5S/c1-15-10-11-17(30(5,27)28)13-18(15)22(26)29-14-16(25)12-21-23(2,3)19-8-6-7-9-20(19)24(21)4/h6-13H,14H2,1-5H3/b21-12-. The molecule has 0 bridgehead atoms. The summed E-state index contributed by atoms with van der Waals surface area (Å²) in [5, 5.41) is 0. The number of benzene rings is 2. The molecule has 2 aromatic carbocycles. The molecule has 1 aliphatic heterocycles. The highest BCUT2D eigenvalue weighted by molar-refractivity contribution is 7.90. The minimum atomic E-state index is -3.46. The molecule has 30 heavy (non-hydrogen) atoms. The molecule has 0 unspecified atom stereocenters. The van der Waals surface area contributed by atoms with E-state index in [0.29, 0.717) is 5.56 Å². The number of para-hydroxylation sites is 1. The molecule has 0 spiro atoms. The number of likely N-dealkylation sites (N-methyl/N-ethyl adjacent to an activating group) is 1. The number of ether oxygens (including phenoxy) is 1. The first-order valence-electron chi connectivity index (χ1n) is 9.49. The number of ketones is 1. The number of hydrogen-bond donors (Lipinski definition) is 0. The monoisotopic (exact) mass is 427 g/mol. The lowest BCUT2D eigenvalue weighted by atomic mass is 9.83. The van der Waals surface area contributed by atoms with Gasteiger partial charge < -0.3 is 9.64 Å². The molecule has 0 amide bonds. The highest BCUT2D eigenvalue weighted by atomic mass is 32.2. The van der Waals surface area contributed by atoms with Gasteiger partial charge in [0, 0.05) is 36.2 Å². The maximum atomic E-state index is 12.6. The van der Waals surface area contributed by atoms with Crippen LogP contribution in [0, 0.1) is 6.92 Å². The third-order valence-corrected chi connectivity index (χ3v) is 6.55. The van der Waals surface area contributed by atoms with Crippen molar-refractivity contribution in [1.29, 1.82) is 0 Å². The molecule has 1 aliphatic rings. The molecule has 0 fully saturated rings. The lowest BCUT2D eigenvalue weighted by Gasteiger charge is -2.23. The SMILES string of the molecule is Cc1ccc(S(C)(=O)=O)cc1C(=O)OCC(=O)/C=C1\N(C)c2ccccc2C1(C)C.